The van der Waals surface area contributed by atoms with Gasteiger partial charge < -0.3 is 9.47 Å². The molecular weight excluding hydrogens is 92.1 g/mol. The zero-order chi connectivity index (χ0) is 5.49. The maximum Gasteiger partial charge on any atom is 0.191 e. The maximum atomic E-state index is 5.03. The first-order valence-corrected chi connectivity index (χ1v) is 2.42. The molecule has 1 heterocycles. The minimum absolute atomic E-state index is 0.250. The summed E-state index contributed by atoms with van der Waals surface area (Å²) >= 11 is 0. The monoisotopic (exact) mass is 102 g/mol. The molecule has 0 aliphatic carbocycles. The summed E-state index contributed by atoms with van der Waals surface area (Å²) in [5, 5.41) is 0. The van der Waals surface area contributed by atoms with Gasteiger partial charge in [0, 0.05) is 7.11 Å². The Kier molecular flexibility index (Phi) is 0.869. The van der Waals surface area contributed by atoms with Crippen molar-refractivity contribution in [2.45, 2.75) is 25.7 Å². The predicted octanol–water partition coefficient (Wildman–Crippen LogP) is 0.768. The van der Waals surface area contributed by atoms with Gasteiger partial charge in [-0.25, -0.2) is 0 Å². The van der Waals surface area contributed by atoms with E-state index in [0.717, 1.165) is 0 Å². The predicted molar refractivity (Wildman–Crippen MR) is 26.0 cm³/mol. The summed E-state index contributed by atoms with van der Waals surface area (Å²) in [6.45, 7) is 3.92. The molecule has 7 heavy (non-hydrogen) atoms. The average molecular weight is 102 g/mol. The lowest BCUT2D eigenvalue weighted by Gasteiger charge is -1.97. The van der Waals surface area contributed by atoms with Crippen LogP contribution >= 0.6 is 0 Å². The molecule has 1 aliphatic heterocycles. The number of hydrogen-bond donors (Lipinski definition) is 0. The quantitative estimate of drug-likeness (QED) is 0.456. The van der Waals surface area contributed by atoms with Crippen LogP contribution in [0.15, 0.2) is 0 Å². The zero-order valence-electron chi connectivity index (χ0n) is 4.89. The second-order valence-electron chi connectivity index (χ2n) is 1.98. The van der Waals surface area contributed by atoms with Gasteiger partial charge in [0.05, 0.1) is 0 Å². The Morgan fingerprint density at radius 3 is 2.14 bits per heavy atom. The molecule has 1 aliphatic rings. The Morgan fingerprint density at radius 1 is 1.71 bits per heavy atom. The zero-order valence-corrected chi connectivity index (χ0v) is 4.89. The van der Waals surface area contributed by atoms with Gasteiger partial charge in [0.15, 0.2) is 5.79 Å². The van der Waals surface area contributed by atoms with E-state index < -0.39 is 0 Å². The van der Waals surface area contributed by atoms with E-state index in [-0.39, 0.29) is 11.9 Å². The molecule has 1 fully saturated rings. The fraction of sp³-hybridized carbons (Fsp3) is 1.00. The summed E-state index contributed by atoms with van der Waals surface area (Å²) < 4.78 is 9.97. The van der Waals surface area contributed by atoms with Crippen LogP contribution in [0.1, 0.15) is 13.8 Å². The van der Waals surface area contributed by atoms with Crippen molar-refractivity contribution < 1.29 is 9.47 Å². The number of hydrogen-bond acceptors (Lipinski definition) is 2. The van der Waals surface area contributed by atoms with Crippen molar-refractivity contribution in [3.05, 3.63) is 0 Å². The molecule has 0 aromatic carbocycles. The fourth-order valence-electron chi connectivity index (χ4n) is 0.531. The first kappa shape index (κ1) is 5.06. The van der Waals surface area contributed by atoms with E-state index in [4.69, 9.17) is 9.47 Å². The summed E-state index contributed by atoms with van der Waals surface area (Å²) in [7, 11) is 1.66. The highest BCUT2D eigenvalue weighted by Gasteiger charge is 2.49. The Hall–Kier alpha value is -0.0800. The van der Waals surface area contributed by atoms with Crippen molar-refractivity contribution in [2.24, 2.45) is 0 Å². The van der Waals surface area contributed by atoms with Crippen molar-refractivity contribution in [3.8, 4) is 0 Å². The maximum absolute atomic E-state index is 5.03. The Balaban J connectivity index is 2.36. The number of methoxy groups -OCH3 is 1. The van der Waals surface area contributed by atoms with Crippen molar-refractivity contribution in [3.63, 3.8) is 0 Å². The van der Waals surface area contributed by atoms with Crippen LogP contribution in [-0.2, 0) is 9.47 Å². The van der Waals surface area contributed by atoms with Crippen LogP contribution in [0.25, 0.3) is 0 Å². The molecule has 0 radical (unpaired) electrons. The molecule has 42 valence electrons. The third kappa shape index (κ3) is 0.640. The Bertz CT molecular complexity index is 78.1. The minimum atomic E-state index is -0.250. The third-order valence-corrected chi connectivity index (χ3v) is 1.50. The smallest absolute Gasteiger partial charge is 0.191 e. The SMILES string of the molecule is COC1(C)OC1C. The molecule has 0 spiro atoms. The van der Waals surface area contributed by atoms with E-state index in [2.05, 4.69) is 0 Å². The molecule has 0 N–H and O–H groups in total. The minimum Gasteiger partial charge on any atom is -0.351 e. The summed E-state index contributed by atoms with van der Waals surface area (Å²) in [5.41, 5.74) is 0. The van der Waals surface area contributed by atoms with Gasteiger partial charge in [-0.3, -0.25) is 0 Å². The molecule has 0 aromatic heterocycles. The van der Waals surface area contributed by atoms with Crippen LogP contribution in [0.4, 0.5) is 0 Å². The molecule has 0 aromatic rings. The molecule has 1 rings (SSSR count). The third-order valence-electron chi connectivity index (χ3n) is 1.50. The molecule has 0 bridgehead atoms. The number of ether oxygens (including phenoxy) is 2. The van der Waals surface area contributed by atoms with Gasteiger partial charge in [-0.2, -0.15) is 0 Å². The first-order valence-electron chi connectivity index (χ1n) is 2.42. The van der Waals surface area contributed by atoms with Gasteiger partial charge in [-0.05, 0) is 13.8 Å². The molecular formula is C5H10O2. The largest absolute Gasteiger partial charge is 0.351 e. The lowest BCUT2D eigenvalue weighted by Crippen LogP contribution is -2.09. The molecule has 0 saturated carbocycles. The van der Waals surface area contributed by atoms with E-state index in [1.54, 1.807) is 7.11 Å². The van der Waals surface area contributed by atoms with Crippen molar-refractivity contribution in [1.82, 2.24) is 0 Å². The molecule has 1 saturated heterocycles. The van der Waals surface area contributed by atoms with Crippen LogP contribution in [0.5, 0.6) is 0 Å². The van der Waals surface area contributed by atoms with Crippen LogP contribution in [-0.4, -0.2) is 19.0 Å². The van der Waals surface area contributed by atoms with Crippen molar-refractivity contribution in [2.75, 3.05) is 7.11 Å². The molecule has 2 heteroatoms. The van der Waals surface area contributed by atoms with E-state index in [1.165, 1.54) is 0 Å². The van der Waals surface area contributed by atoms with E-state index >= 15 is 0 Å². The second kappa shape index (κ2) is 1.20. The van der Waals surface area contributed by atoms with Gasteiger partial charge in [-0.15, -0.1) is 0 Å². The van der Waals surface area contributed by atoms with Crippen LogP contribution < -0.4 is 0 Å². The fourth-order valence-corrected chi connectivity index (χ4v) is 0.531. The lowest BCUT2D eigenvalue weighted by molar-refractivity contribution is 0.00583. The van der Waals surface area contributed by atoms with Gasteiger partial charge in [-0.1, -0.05) is 0 Å². The van der Waals surface area contributed by atoms with Crippen LogP contribution in [0.3, 0.4) is 0 Å². The highest BCUT2D eigenvalue weighted by molar-refractivity contribution is 4.85. The van der Waals surface area contributed by atoms with Gasteiger partial charge >= 0.3 is 0 Å². The standard InChI is InChI=1S/C5H10O2/c1-4-5(2,6-3)7-4/h4H,1-3H3. The normalized spacial score (nSPS) is 49.3. The lowest BCUT2D eigenvalue weighted by atomic mass is 10.3. The molecule has 0 amide bonds. The topological polar surface area (TPSA) is 21.8 Å². The highest BCUT2D eigenvalue weighted by atomic mass is 16.8. The summed E-state index contributed by atoms with van der Waals surface area (Å²) in [6.07, 6.45) is 0.289. The second-order valence-corrected chi connectivity index (χ2v) is 1.98. The summed E-state index contributed by atoms with van der Waals surface area (Å²) in [4.78, 5) is 0. The van der Waals surface area contributed by atoms with Crippen molar-refractivity contribution in [1.29, 1.82) is 0 Å². The highest BCUT2D eigenvalue weighted by Crippen LogP contribution is 2.35. The number of epoxide rings is 1. The molecule has 2 atom stereocenters. The van der Waals surface area contributed by atoms with Crippen molar-refractivity contribution >= 4 is 0 Å². The molecule has 2 unspecified atom stereocenters. The van der Waals surface area contributed by atoms with Gasteiger partial charge in [0.1, 0.15) is 6.10 Å². The summed E-state index contributed by atoms with van der Waals surface area (Å²) in [5.74, 6) is -0.250. The van der Waals surface area contributed by atoms with Crippen LogP contribution in [0.2, 0.25) is 0 Å². The number of rotatable bonds is 1. The van der Waals surface area contributed by atoms with Crippen LogP contribution in [0, 0.1) is 0 Å². The van der Waals surface area contributed by atoms with E-state index in [9.17, 15) is 0 Å². The van der Waals surface area contributed by atoms with Gasteiger partial charge in [0.2, 0.25) is 0 Å². The Labute approximate surface area is 43.4 Å². The Morgan fingerprint density at radius 2 is 2.14 bits per heavy atom. The summed E-state index contributed by atoms with van der Waals surface area (Å²) in [6, 6.07) is 0. The molecule has 2 nitrogen and oxygen atoms in total. The van der Waals surface area contributed by atoms with Gasteiger partial charge in [0.25, 0.3) is 0 Å². The van der Waals surface area contributed by atoms with E-state index in [0.29, 0.717) is 0 Å². The average Bonchev–Trinajstić information content (AvgIpc) is 2.18. The van der Waals surface area contributed by atoms with E-state index in [1.807, 2.05) is 13.8 Å². The first-order chi connectivity index (χ1) is 3.19.